The van der Waals surface area contributed by atoms with Gasteiger partial charge in [-0.2, -0.15) is 0 Å². The molecule has 114 valence electrons. The van der Waals surface area contributed by atoms with E-state index in [-0.39, 0.29) is 0 Å². The van der Waals surface area contributed by atoms with Crippen molar-refractivity contribution in [1.29, 1.82) is 0 Å². The Morgan fingerprint density at radius 3 is 1.22 bits per heavy atom. The predicted molar refractivity (Wildman–Crippen MR) is 98.9 cm³/mol. The van der Waals surface area contributed by atoms with Crippen molar-refractivity contribution in [3.05, 3.63) is 108 Å². The second-order valence-electron chi connectivity index (χ2n) is 5.72. The third kappa shape index (κ3) is 3.35. The van der Waals surface area contributed by atoms with Crippen molar-refractivity contribution in [3.63, 3.8) is 0 Å². The van der Waals surface area contributed by atoms with Gasteiger partial charge in [-0.1, -0.05) is 91.0 Å². The van der Waals surface area contributed by atoms with Gasteiger partial charge in [-0.15, -0.1) is 0 Å². The molecule has 1 nitrogen and oxygen atoms in total. The van der Waals surface area contributed by atoms with Gasteiger partial charge in [-0.3, -0.25) is 0 Å². The monoisotopic (exact) mass is 299 g/mol. The van der Waals surface area contributed by atoms with E-state index in [0.29, 0.717) is 0 Å². The first-order valence-electron chi connectivity index (χ1n) is 7.85. The van der Waals surface area contributed by atoms with Crippen molar-refractivity contribution in [2.24, 2.45) is 0 Å². The Morgan fingerprint density at radius 2 is 0.870 bits per heavy atom. The molecule has 3 rings (SSSR count). The SMILES string of the molecule is CN(C)C(=C(c1ccccc1)c1ccccc1)c1ccccc1. The van der Waals surface area contributed by atoms with Crippen LogP contribution in [0.3, 0.4) is 0 Å². The van der Waals surface area contributed by atoms with Gasteiger partial charge in [0.05, 0.1) is 5.70 Å². The summed E-state index contributed by atoms with van der Waals surface area (Å²) in [6.07, 6.45) is 0. The molecule has 1 heteroatoms. The molecule has 0 heterocycles. The van der Waals surface area contributed by atoms with Crippen molar-refractivity contribution < 1.29 is 0 Å². The van der Waals surface area contributed by atoms with Crippen molar-refractivity contribution in [2.45, 2.75) is 0 Å². The Hall–Kier alpha value is -2.80. The lowest BCUT2D eigenvalue weighted by molar-refractivity contribution is 0.593. The minimum atomic E-state index is 1.22. The fraction of sp³-hybridized carbons (Fsp3) is 0.0909. The Balaban J connectivity index is 2.32. The van der Waals surface area contributed by atoms with Crippen molar-refractivity contribution in [2.75, 3.05) is 14.1 Å². The van der Waals surface area contributed by atoms with Crippen LogP contribution in [0.2, 0.25) is 0 Å². The zero-order valence-corrected chi connectivity index (χ0v) is 13.6. The fourth-order valence-electron chi connectivity index (χ4n) is 2.87. The molecule has 0 saturated heterocycles. The van der Waals surface area contributed by atoms with Crippen LogP contribution in [0.15, 0.2) is 91.0 Å². The highest BCUT2D eigenvalue weighted by molar-refractivity contribution is 5.97. The molecule has 0 amide bonds. The van der Waals surface area contributed by atoms with Gasteiger partial charge in [-0.25, -0.2) is 0 Å². The van der Waals surface area contributed by atoms with Gasteiger partial charge < -0.3 is 4.90 Å². The smallest absolute Gasteiger partial charge is 0.0520 e. The standard InChI is InChI=1S/C22H21N/c1-23(2)22(20-16-10-5-11-17-20)21(18-12-6-3-7-13-18)19-14-8-4-9-15-19/h3-17H,1-2H3. The van der Waals surface area contributed by atoms with Gasteiger partial charge in [0.25, 0.3) is 0 Å². The lowest BCUT2D eigenvalue weighted by Crippen LogP contribution is -2.13. The van der Waals surface area contributed by atoms with Crippen molar-refractivity contribution >= 4 is 11.3 Å². The van der Waals surface area contributed by atoms with Crippen LogP contribution in [0, 0.1) is 0 Å². The van der Waals surface area contributed by atoms with E-state index < -0.39 is 0 Å². The van der Waals surface area contributed by atoms with Crippen LogP contribution in [0.25, 0.3) is 11.3 Å². The normalized spacial score (nSPS) is 10.2. The Morgan fingerprint density at radius 1 is 0.522 bits per heavy atom. The molecule has 23 heavy (non-hydrogen) atoms. The number of benzene rings is 3. The quantitative estimate of drug-likeness (QED) is 0.601. The first kappa shape index (κ1) is 15.1. The van der Waals surface area contributed by atoms with Crippen LogP contribution >= 0.6 is 0 Å². The summed E-state index contributed by atoms with van der Waals surface area (Å²) in [6, 6.07) is 31.8. The number of rotatable bonds is 4. The summed E-state index contributed by atoms with van der Waals surface area (Å²) in [5, 5.41) is 0. The molecule has 0 radical (unpaired) electrons. The molecule has 0 aliphatic carbocycles. The lowest BCUT2D eigenvalue weighted by Gasteiger charge is -2.23. The molecule has 0 N–H and O–H groups in total. The summed E-state index contributed by atoms with van der Waals surface area (Å²) in [4.78, 5) is 2.20. The van der Waals surface area contributed by atoms with Crippen LogP contribution < -0.4 is 0 Å². The van der Waals surface area contributed by atoms with E-state index in [9.17, 15) is 0 Å². The molecule has 0 bridgehead atoms. The lowest BCUT2D eigenvalue weighted by atomic mass is 9.92. The third-order valence-electron chi connectivity index (χ3n) is 3.86. The minimum absolute atomic E-state index is 1.22. The maximum atomic E-state index is 2.20. The largest absolute Gasteiger partial charge is 0.377 e. The maximum absolute atomic E-state index is 2.20. The van der Waals surface area contributed by atoms with Gasteiger partial charge in [0.1, 0.15) is 0 Å². The fourth-order valence-corrected chi connectivity index (χ4v) is 2.87. The van der Waals surface area contributed by atoms with E-state index in [1.54, 1.807) is 0 Å². The zero-order chi connectivity index (χ0) is 16.1. The predicted octanol–water partition coefficient (Wildman–Crippen LogP) is 5.16. The Labute approximate surface area is 138 Å². The van der Waals surface area contributed by atoms with Crippen LogP contribution in [0.5, 0.6) is 0 Å². The second kappa shape index (κ2) is 6.97. The molecule has 0 spiro atoms. The van der Waals surface area contributed by atoms with E-state index in [2.05, 4.69) is 110 Å². The van der Waals surface area contributed by atoms with E-state index in [0.717, 1.165) is 0 Å². The molecule has 0 aliphatic rings. The molecule has 0 unspecified atom stereocenters. The molecule has 3 aromatic carbocycles. The van der Waals surface area contributed by atoms with Gasteiger partial charge in [0.15, 0.2) is 0 Å². The summed E-state index contributed by atoms with van der Waals surface area (Å²) in [7, 11) is 4.21. The topological polar surface area (TPSA) is 3.24 Å². The van der Waals surface area contributed by atoms with Gasteiger partial charge in [-0.05, 0) is 16.7 Å². The highest BCUT2D eigenvalue weighted by Gasteiger charge is 2.15. The van der Waals surface area contributed by atoms with E-state index >= 15 is 0 Å². The summed E-state index contributed by atoms with van der Waals surface area (Å²) in [6.45, 7) is 0. The highest BCUT2D eigenvalue weighted by Crippen LogP contribution is 2.33. The molecular formula is C22H21N. The molecule has 0 atom stereocenters. The number of hydrogen-bond acceptors (Lipinski definition) is 1. The van der Waals surface area contributed by atoms with Gasteiger partial charge in [0.2, 0.25) is 0 Å². The third-order valence-corrected chi connectivity index (χ3v) is 3.86. The van der Waals surface area contributed by atoms with Gasteiger partial charge in [0, 0.05) is 19.7 Å². The average molecular weight is 299 g/mol. The first-order valence-corrected chi connectivity index (χ1v) is 7.85. The maximum Gasteiger partial charge on any atom is 0.0520 e. The van der Waals surface area contributed by atoms with E-state index in [1.165, 1.54) is 28.0 Å². The van der Waals surface area contributed by atoms with Crippen LogP contribution in [0.4, 0.5) is 0 Å². The summed E-state index contributed by atoms with van der Waals surface area (Å²) < 4.78 is 0. The second-order valence-corrected chi connectivity index (χ2v) is 5.72. The molecule has 0 aromatic heterocycles. The molecule has 0 aliphatic heterocycles. The van der Waals surface area contributed by atoms with E-state index in [1.807, 2.05) is 0 Å². The molecular weight excluding hydrogens is 278 g/mol. The van der Waals surface area contributed by atoms with Crippen LogP contribution in [-0.2, 0) is 0 Å². The Bertz CT molecular complexity index is 730. The summed E-state index contributed by atoms with van der Waals surface area (Å²) >= 11 is 0. The molecule has 3 aromatic rings. The minimum Gasteiger partial charge on any atom is -0.377 e. The van der Waals surface area contributed by atoms with E-state index in [4.69, 9.17) is 0 Å². The zero-order valence-electron chi connectivity index (χ0n) is 13.6. The van der Waals surface area contributed by atoms with Crippen molar-refractivity contribution in [1.82, 2.24) is 4.90 Å². The first-order chi connectivity index (χ1) is 11.3. The summed E-state index contributed by atoms with van der Waals surface area (Å²) in [5.74, 6) is 0. The summed E-state index contributed by atoms with van der Waals surface area (Å²) in [5.41, 5.74) is 6.16. The molecule has 0 saturated carbocycles. The number of nitrogens with zero attached hydrogens (tertiary/aromatic N) is 1. The Kier molecular flexibility index (Phi) is 4.58. The highest BCUT2D eigenvalue weighted by atomic mass is 15.1. The van der Waals surface area contributed by atoms with Gasteiger partial charge >= 0.3 is 0 Å². The average Bonchev–Trinajstić information content (AvgIpc) is 2.61. The van der Waals surface area contributed by atoms with Crippen LogP contribution in [-0.4, -0.2) is 19.0 Å². The number of hydrogen-bond donors (Lipinski definition) is 0. The van der Waals surface area contributed by atoms with Crippen LogP contribution in [0.1, 0.15) is 16.7 Å². The molecule has 0 fully saturated rings. The van der Waals surface area contributed by atoms with Crippen molar-refractivity contribution in [3.8, 4) is 0 Å².